The average Bonchev–Trinajstić information content (AvgIpc) is 3.22. The van der Waals surface area contributed by atoms with Crippen LogP contribution in [0.1, 0.15) is 23.2 Å². The van der Waals surface area contributed by atoms with E-state index in [1.54, 1.807) is 35.6 Å². The first-order chi connectivity index (χ1) is 13.1. The van der Waals surface area contributed by atoms with E-state index in [0.717, 1.165) is 37.9 Å². The van der Waals surface area contributed by atoms with Gasteiger partial charge in [-0.1, -0.05) is 0 Å². The highest BCUT2D eigenvalue weighted by molar-refractivity contribution is 7.13. The van der Waals surface area contributed by atoms with Crippen molar-refractivity contribution in [3.05, 3.63) is 41.4 Å². The molecule has 144 valence electrons. The summed E-state index contributed by atoms with van der Waals surface area (Å²) in [6, 6.07) is 6.89. The van der Waals surface area contributed by atoms with Gasteiger partial charge in [0, 0.05) is 56.3 Å². The van der Waals surface area contributed by atoms with Gasteiger partial charge in [0.05, 0.1) is 6.42 Å². The van der Waals surface area contributed by atoms with Gasteiger partial charge in [0.2, 0.25) is 0 Å². The number of ether oxygens (including phenoxy) is 1. The maximum atomic E-state index is 11.9. The molecule has 3 rings (SSSR count). The summed E-state index contributed by atoms with van der Waals surface area (Å²) >= 11 is 1.67. The van der Waals surface area contributed by atoms with Gasteiger partial charge in [-0.25, -0.2) is 4.98 Å². The van der Waals surface area contributed by atoms with Crippen LogP contribution in [0.25, 0.3) is 0 Å². The molecule has 1 fully saturated rings. The molecule has 2 aromatic rings. The molecule has 0 amide bonds. The Hall–Kier alpha value is -2.45. The molecule has 1 aromatic carbocycles. The average molecular weight is 389 g/mol. The van der Waals surface area contributed by atoms with Crippen molar-refractivity contribution in [3.63, 3.8) is 0 Å². The summed E-state index contributed by atoms with van der Waals surface area (Å²) < 4.78 is 5.77. The number of ketones is 1. The molecule has 7 nitrogen and oxygen atoms in total. The van der Waals surface area contributed by atoms with Crippen molar-refractivity contribution in [1.29, 1.82) is 0 Å². The van der Waals surface area contributed by atoms with Gasteiger partial charge in [0.25, 0.3) is 0 Å². The molecule has 27 heavy (non-hydrogen) atoms. The van der Waals surface area contributed by atoms with Crippen molar-refractivity contribution in [2.45, 2.75) is 12.8 Å². The van der Waals surface area contributed by atoms with E-state index in [-0.39, 0.29) is 18.6 Å². The molecule has 1 aliphatic rings. The van der Waals surface area contributed by atoms with Gasteiger partial charge in [-0.05, 0) is 24.3 Å². The summed E-state index contributed by atoms with van der Waals surface area (Å²) in [6.45, 7) is 5.36. The molecule has 0 atom stereocenters. The third-order valence-electron chi connectivity index (χ3n) is 4.48. The minimum absolute atomic E-state index is 0.0164. The van der Waals surface area contributed by atoms with Crippen molar-refractivity contribution < 1.29 is 19.4 Å². The predicted octanol–water partition coefficient (Wildman–Crippen LogP) is 2.39. The number of carboxylic acid groups (broad SMARTS) is 1. The number of thiazole rings is 1. The number of benzene rings is 1. The van der Waals surface area contributed by atoms with Gasteiger partial charge in [-0.2, -0.15) is 0 Å². The van der Waals surface area contributed by atoms with Gasteiger partial charge in [0.15, 0.2) is 10.9 Å². The number of hydrogen-bond donors (Lipinski definition) is 1. The minimum Gasteiger partial charge on any atom is -0.492 e. The number of piperazine rings is 1. The van der Waals surface area contributed by atoms with Crippen LogP contribution in [0.3, 0.4) is 0 Å². The SMILES string of the molecule is O=C(O)CCC(=O)c1ccc(OCCN2CCN(c3nccs3)CC2)cc1. The van der Waals surface area contributed by atoms with Crippen LogP contribution in [-0.2, 0) is 4.79 Å². The molecule has 0 spiro atoms. The number of anilines is 1. The fourth-order valence-electron chi connectivity index (χ4n) is 2.93. The summed E-state index contributed by atoms with van der Waals surface area (Å²) in [4.78, 5) is 31.4. The van der Waals surface area contributed by atoms with Gasteiger partial charge < -0.3 is 14.7 Å². The highest BCUT2D eigenvalue weighted by Gasteiger charge is 2.18. The van der Waals surface area contributed by atoms with Crippen molar-refractivity contribution in [3.8, 4) is 5.75 Å². The highest BCUT2D eigenvalue weighted by atomic mass is 32.1. The summed E-state index contributed by atoms with van der Waals surface area (Å²) in [5.41, 5.74) is 0.516. The normalized spacial score (nSPS) is 14.9. The lowest BCUT2D eigenvalue weighted by Gasteiger charge is -2.34. The van der Waals surface area contributed by atoms with Crippen LogP contribution < -0.4 is 9.64 Å². The molecule has 0 radical (unpaired) electrons. The van der Waals surface area contributed by atoms with Gasteiger partial charge in [0.1, 0.15) is 12.4 Å². The first-order valence-corrected chi connectivity index (χ1v) is 9.84. The number of carbonyl (C=O) groups excluding carboxylic acids is 1. The molecule has 1 N–H and O–H groups in total. The lowest BCUT2D eigenvalue weighted by atomic mass is 10.1. The molecule has 1 saturated heterocycles. The first kappa shape index (κ1) is 19.3. The Morgan fingerprint density at radius 2 is 1.85 bits per heavy atom. The molecule has 0 saturated carbocycles. The Morgan fingerprint density at radius 1 is 1.11 bits per heavy atom. The first-order valence-electron chi connectivity index (χ1n) is 8.96. The number of rotatable bonds is 9. The van der Waals surface area contributed by atoms with Crippen LogP contribution >= 0.6 is 11.3 Å². The Kier molecular flexibility index (Phi) is 6.78. The summed E-state index contributed by atoms with van der Waals surface area (Å²) in [7, 11) is 0. The van der Waals surface area contributed by atoms with Crippen molar-refractivity contribution in [2.24, 2.45) is 0 Å². The van der Waals surface area contributed by atoms with Crippen molar-refractivity contribution >= 4 is 28.2 Å². The van der Waals surface area contributed by atoms with Crippen LogP contribution in [0.15, 0.2) is 35.8 Å². The van der Waals surface area contributed by atoms with Crippen LogP contribution in [0.5, 0.6) is 5.75 Å². The Balaban J connectivity index is 1.37. The van der Waals surface area contributed by atoms with Crippen LogP contribution in [0, 0.1) is 0 Å². The quantitative estimate of drug-likeness (QED) is 0.659. The fourth-order valence-corrected chi connectivity index (χ4v) is 3.63. The Bertz CT molecular complexity index is 741. The number of aliphatic carboxylic acids is 1. The van der Waals surface area contributed by atoms with Gasteiger partial charge in [-0.15, -0.1) is 11.3 Å². The van der Waals surface area contributed by atoms with E-state index < -0.39 is 5.97 Å². The molecular formula is C19H23N3O4S. The van der Waals surface area contributed by atoms with E-state index in [0.29, 0.717) is 17.9 Å². The van der Waals surface area contributed by atoms with E-state index >= 15 is 0 Å². The smallest absolute Gasteiger partial charge is 0.303 e. The lowest BCUT2D eigenvalue weighted by molar-refractivity contribution is -0.136. The number of nitrogens with zero attached hydrogens (tertiary/aromatic N) is 3. The van der Waals surface area contributed by atoms with Crippen LogP contribution in [-0.4, -0.2) is 66.1 Å². The standard InChI is InChI=1S/C19H23N3O4S/c23-17(5-6-18(24)25)15-1-3-16(4-2-15)26-13-12-21-8-10-22(11-9-21)19-20-7-14-27-19/h1-4,7,14H,5-6,8-13H2,(H,24,25). The summed E-state index contributed by atoms with van der Waals surface area (Å²) in [6.07, 6.45) is 1.71. The van der Waals surface area contributed by atoms with Crippen molar-refractivity contribution in [1.82, 2.24) is 9.88 Å². The minimum atomic E-state index is -0.962. The molecule has 1 aliphatic heterocycles. The maximum Gasteiger partial charge on any atom is 0.303 e. The predicted molar refractivity (Wildman–Crippen MR) is 104 cm³/mol. The number of aromatic nitrogens is 1. The zero-order valence-corrected chi connectivity index (χ0v) is 15.9. The number of Topliss-reactive ketones (excluding diaryl/α,β-unsaturated/α-hetero) is 1. The third-order valence-corrected chi connectivity index (χ3v) is 5.31. The van der Waals surface area contributed by atoms with E-state index in [9.17, 15) is 9.59 Å². The van der Waals surface area contributed by atoms with E-state index in [4.69, 9.17) is 9.84 Å². The molecule has 2 heterocycles. The summed E-state index contributed by atoms with van der Waals surface area (Å²) in [5, 5.41) is 11.7. The fraction of sp³-hybridized carbons (Fsp3) is 0.421. The second kappa shape index (κ2) is 9.48. The molecule has 8 heteroatoms. The van der Waals surface area contributed by atoms with E-state index in [2.05, 4.69) is 14.8 Å². The number of carboxylic acids is 1. The number of hydrogen-bond acceptors (Lipinski definition) is 7. The zero-order chi connectivity index (χ0) is 19.1. The van der Waals surface area contributed by atoms with Crippen LogP contribution in [0.4, 0.5) is 5.13 Å². The second-order valence-electron chi connectivity index (χ2n) is 6.33. The monoisotopic (exact) mass is 389 g/mol. The van der Waals surface area contributed by atoms with E-state index in [1.807, 2.05) is 11.6 Å². The molecule has 0 bridgehead atoms. The Morgan fingerprint density at radius 3 is 2.48 bits per heavy atom. The van der Waals surface area contributed by atoms with Crippen molar-refractivity contribution in [2.75, 3.05) is 44.2 Å². The second-order valence-corrected chi connectivity index (χ2v) is 7.21. The zero-order valence-electron chi connectivity index (χ0n) is 15.0. The molecule has 0 unspecified atom stereocenters. The molecule has 0 aliphatic carbocycles. The highest BCUT2D eigenvalue weighted by Crippen LogP contribution is 2.19. The topological polar surface area (TPSA) is 83.0 Å². The van der Waals surface area contributed by atoms with E-state index in [1.165, 1.54) is 0 Å². The third kappa shape index (κ3) is 5.77. The molecule has 1 aromatic heterocycles. The largest absolute Gasteiger partial charge is 0.492 e. The number of carbonyl (C=O) groups is 2. The lowest BCUT2D eigenvalue weighted by Crippen LogP contribution is -2.47. The molecular weight excluding hydrogens is 366 g/mol. The Labute approximate surface area is 162 Å². The van der Waals surface area contributed by atoms with Crippen LogP contribution in [0.2, 0.25) is 0 Å². The van der Waals surface area contributed by atoms with Gasteiger partial charge >= 0.3 is 5.97 Å². The van der Waals surface area contributed by atoms with Gasteiger partial charge in [-0.3, -0.25) is 14.5 Å². The maximum absolute atomic E-state index is 11.9. The summed E-state index contributed by atoms with van der Waals surface area (Å²) in [5.74, 6) is -0.413.